The van der Waals surface area contributed by atoms with E-state index in [-0.39, 0.29) is 11.4 Å². The van der Waals surface area contributed by atoms with E-state index in [1.165, 1.54) is 12.8 Å². The SMILES string of the molecule is CCCN(CCC(N)=O)C1(CN)CCC(C)CC1. The van der Waals surface area contributed by atoms with Gasteiger partial charge < -0.3 is 11.5 Å². The fourth-order valence-electron chi connectivity index (χ4n) is 3.05. The maximum absolute atomic E-state index is 11.0. The fraction of sp³-hybridized carbons (Fsp3) is 0.929. The summed E-state index contributed by atoms with van der Waals surface area (Å²) in [6, 6.07) is 0. The third-order valence-corrected chi connectivity index (χ3v) is 4.38. The molecule has 1 amide bonds. The Hall–Kier alpha value is -0.610. The zero-order chi connectivity index (χ0) is 13.6. The average Bonchev–Trinajstić information content (AvgIpc) is 2.36. The zero-order valence-electron chi connectivity index (χ0n) is 12.0. The van der Waals surface area contributed by atoms with Gasteiger partial charge in [-0.25, -0.2) is 0 Å². The molecule has 4 heteroatoms. The van der Waals surface area contributed by atoms with Crippen LogP contribution in [0.15, 0.2) is 0 Å². The van der Waals surface area contributed by atoms with Crippen LogP contribution in [0.25, 0.3) is 0 Å². The highest BCUT2D eigenvalue weighted by molar-refractivity contribution is 5.73. The molecule has 0 aromatic rings. The number of nitrogens with two attached hydrogens (primary N) is 2. The monoisotopic (exact) mass is 255 g/mol. The Morgan fingerprint density at radius 2 is 1.94 bits per heavy atom. The maximum atomic E-state index is 11.0. The molecule has 0 unspecified atom stereocenters. The van der Waals surface area contributed by atoms with Crippen molar-refractivity contribution >= 4 is 5.91 Å². The Morgan fingerprint density at radius 3 is 2.39 bits per heavy atom. The smallest absolute Gasteiger partial charge is 0.218 e. The molecule has 0 heterocycles. The van der Waals surface area contributed by atoms with Gasteiger partial charge in [-0.3, -0.25) is 9.69 Å². The predicted molar refractivity (Wildman–Crippen MR) is 75.1 cm³/mol. The molecular weight excluding hydrogens is 226 g/mol. The highest BCUT2D eigenvalue weighted by Crippen LogP contribution is 2.36. The van der Waals surface area contributed by atoms with E-state index in [0.717, 1.165) is 38.3 Å². The lowest BCUT2D eigenvalue weighted by Gasteiger charge is -2.47. The minimum absolute atomic E-state index is 0.109. The van der Waals surface area contributed by atoms with Gasteiger partial charge >= 0.3 is 0 Å². The summed E-state index contributed by atoms with van der Waals surface area (Å²) >= 11 is 0. The molecule has 1 rings (SSSR count). The highest BCUT2D eigenvalue weighted by Gasteiger charge is 2.37. The van der Waals surface area contributed by atoms with Gasteiger partial charge in [0.05, 0.1) is 0 Å². The third kappa shape index (κ3) is 3.95. The molecule has 1 saturated carbocycles. The fourth-order valence-corrected chi connectivity index (χ4v) is 3.05. The number of primary amides is 1. The lowest BCUT2D eigenvalue weighted by Crippen LogP contribution is -2.56. The molecule has 1 fully saturated rings. The topological polar surface area (TPSA) is 72.3 Å². The molecule has 0 bridgehead atoms. The summed E-state index contributed by atoms with van der Waals surface area (Å²) in [6.07, 6.45) is 6.34. The first-order valence-corrected chi connectivity index (χ1v) is 7.27. The van der Waals surface area contributed by atoms with Gasteiger partial charge in [-0.15, -0.1) is 0 Å². The van der Waals surface area contributed by atoms with Crippen LogP contribution in [0.3, 0.4) is 0 Å². The number of carbonyl (C=O) groups is 1. The zero-order valence-corrected chi connectivity index (χ0v) is 12.0. The molecule has 0 aromatic carbocycles. The first kappa shape index (κ1) is 15.4. The van der Waals surface area contributed by atoms with Crippen LogP contribution < -0.4 is 11.5 Å². The molecule has 1 aliphatic rings. The number of amides is 1. The minimum atomic E-state index is -0.215. The molecule has 4 nitrogen and oxygen atoms in total. The summed E-state index contributed by atoms with van der Waals surface area (Å²) in [7, 11) is 0. The Morgan fingerprint density at radius 1 is 1.33 bits per heavy atom. The van der Waals surface area contributed by atoms with Crippen LogP contribution in [0.1, 0.15) is 52.4 Å². The molecule has 18 heavy (non-hydrogen) atoms. The minimum Gasteiger partial charge on any atom is -0.370 e. The van der Waals surface area contributed by atoms with E-state index in [2.05, 4.69) is 18.7 Å². The average molecular weight is 255 g/mol. The van der Waals surface area contributed by atoms with Crippen molar-refractivity contribution in [2.24, 2.45) is 17.4 Å². The second kappa shape index (κ2) is 7.10. The van der Waals surface area contributed by atoms with E-state index in [1.54, 1.807) is 0 Å². The Balaban J connectivity index is 2.69. The van der Waals surface area contributed by atoms with E-state index in [1.807, 2.05) is 0 Å². The van der Waals surface area contributed by atoms with Crippen molar-refractivity contribution in [1.82, 2.24) is 4.90 Å². The first-order chi connectivity index (χ1) is 8.54. The van der Waals surface area contributed by atoms with Gasteiger partial charge in [-0.2, -0.15) is 0 Å². The van der Waals surface area contributed by atoms with Crippen molar-refractivity contribution in [3.8, 4) is 0 Å². The van der Waals surface area contributed by atoms with Gasteiger partial charge in [0, 0.05) is 25.0 Å². The second-order valence-electron chi connectivity index (χ2n) is 5.81. The number of hydrogen-bond donors (Lipinski definition) is 2. The lowest BCUT2D eigenvalue weighted by atomic mass is 9.76. The maximum Gasteiger partial charge on any atom is 0.218 e. The molecule has 1 aliphatic carbocycles. The summed E-state index contributed by atoms with van der Waals surface area (Å²) in [6.45, 7) is 6.95. The lowest BCUT2D eigenvalue weighted by molar-refractivity contribution is -0.118. The number of carbonyl (C=O) groups excluding carboxylic acids is 1. The largest absolute Gasteiger partial charge is 0.370 e. The van der Waals surface area contributed by atoms with Crippen LogP contribution in [0.2, 0.25) is 0 Å². The molecule has 0 atom stereocenters. The molecule has 0 radical (unpaired) electrons. The van der Waals surface area contributed by atoms with Crippen LogP contribution in [-0.2, 0) is 4.79 Å². The van der Waals surface area contributed by atoms with Crippen molar-refractivity contribution < 1.29 is 4.79 Å². The second-order valence-corrected chi connectivity index (χ2v) is 5.81. The van der Waals surface area contributed by atoms with Crippen molar-refractivity contribution in [2.45, 2.75) is 57.9 Å². The van der Waals surface area contributed by atoms with E-state index in [4.69, 9.17) is 11.5 Å². The summed E-state index contributed by atoms with van der Waals surface area (Å²) in [5.74, 6) is 0.594. The first-order valence-electron chi connectivity index (χ1n) is 7.27. The number of nitrogens with zero attached hydrogens (tertiary/aromatic N) is 1. The van der Waals surface area contributed by atoms with E-state index >= 15 is 0 Å². The molecule has 0 spiro atoms. The Labute approximate surface area is 111 Å². The van der Waals surface area contributed by atoms with Crippen molar-refractivity contribution in [3.63, 3.8) is 0 Å². The highest BCUT2D eigenvalue weighted by atomic mass is 16.1. The van der Waals surface area contributed by atoms with Crippen LogP contribution in [-0.4, -0.2) is 36.0 Å². The molecule has 4 N–H and O–H groups in total. The third-order valence-electron chi connectivity index (χ3n) is 4.38. The summed E-state index contributed by atoms with van der Waals surface area (Å²) in [4.78, 5) is 13.4. The van der Waals surface area contributed by atoms with Crippen LogP contribution >= 0.6 is 0 Å². The molecule has 0 saturated heterocycles. The van der Waals surface area contributed by atoms with Gasteiger partial charge in [0.2, 0.25) is 5.91 Å². The van der Waals surface area contributed by atoms with Crippen LogP contribution in [0, 0.1) is 5.92 Å². The standard InChI is InChI=1S/C14H29N3O/c1-3-9-17(10-6-13(16)18)14(11-15)7-4-12(2)5-8-14/h12H,3-11,15H2,1-2H3,(H2,16,18). The molecular formula is C14H29N3O. The van der Waals surface area contributed by atoms with Crippen LogP contribution in [0.5, 0.6) is 0 Å². The quantitative estimate of drug-likeness (QED) is 0.724. The van der Waals surface area contributed by atoms with Crippen molar-refractivity contribution in [1.29, 1.82) is 0 Å². The van der Waals surface area contributed by atoms with Gasteiger partial charge in [-0.1, -0.05) is 13.8 Å². The summed E-state index contributed by atoms with van der Waals surface area (Å²) in [5, 5.41) is 0. The number of rotatable bonds is 7. The van der Waals surface area contributed by atoms with Crippen molar-refractivity contribution in [2.75, 3.05) is 19.6 Å². The molecule has 106 valence electrons. The molecule has 0 aromatic heterocycles. The van der Waals surface area contributed by atoms with E-state index in [9.17, 15) is 4.79 Å². The number of hydrogen-bond acceptors (Lipinski definition) is 3. The van der Waals surface area contributed by atoms with Gasteiger partial charge in [0.1, 0.15) is 0 Å². The predicted octanol–water partition coefficient (Wildman–Crippen LogP) is 1.48. The van der Waals surface area contributed by atoms with Gasteiger partial charge in [-0.05, 0) is 44.6 Å². The van der Waals surface area contributed by atoms with E-state index < -0.39 is 0 Å². The van der Waals surface area contributed by atoms with Crippen molar-refractivity contribution in [3.05, 3.63) is 0 Å². The Kier molecular flexibility index (Phi) is 6.09. The van der Waals surface area contributed by atoms with Gasteiger partial charge in [0.25, 0.3) is 0 Å². The van der Waals surface area contributed by atoms with E-state index in [0.29, 0.717) is 13.0 Å². The van der Waals surface area contributed by atoms with Crippen LogP contribution in [0.4, 0.5) is 0 Å². The summed E-state index contributed by atoms with van der Waals surface area (Å²) < 4.78 is 0. The normalized spacial score (nSPS) is 28.6. The summed E-state index contributed by atoms with van der Waals surface area (Å²) in [5.41, 5.74) is 11.4. The van der Waals surface area contributed by atoms with Gasteiger partial charge in [0.15, 0.2) is 0 Å². The molecule has 0 aliphatic heterocycles. The Bertz CT molecular complexity index is 260.